The van der Waals surface area contributed by atoms with Crippen LogP contribution in [0.1, 0.15) is 0 Å². The molecule has 3 rings (SSSR count). The average molecular weight is 321 g/mol. The first-order chi connectivity index (χ1) is 11.0. The minimum Gasteiger partial charge on any atom is -0.256 e. The molecule has 0 radical (unpaired) electrons. The maximum atomic E-state index is 13.3. The minimum atomic E-state index is -1.55. The number of aromatic nitrogens is 1. The Bertz CT molecular complexity index is 805. The highest BCUT2D eigenvalue weighted by molar-refractivity contribution is 6.89. The van der Waals surface area contributed by atoms with E-state index < -0.39 is 8.07 Å². The van der Waals surface area contributed by atoms with Crippen molar-refractivity contribution in [2.24, 2.45) is 0 Å². The molecule has 1 heterocycles. The lowest BCUT2D eigenvalue weighted by molar-refractivity contribution is 0.628. The predicted octanol–water partition coefficient (Wildman–Crippen LogP) is 5.10. The molecule has 2 aromatic carbocycles. The summed E-state index contributed by atoms with van der Waals surface area (Å²) in [5.41, 5.74) is 4.29. The molecule has 0 N–H and O–H groups in total. The Kier molecular flexibility index (Phi) is 4.14. The summed E-state index contributed by atoms with van der Waals surface area (Å²) in [7, 11) is -1.55. The molecule has 0 atom stereocenters. The summed E-state index contributed by atoms with van der Waals surface area (Å²) in [6.45, 7) is 7.01. The maximum Gasteiger partial charge on any atom is 0.123 e. The van der Waals surface area contributed by atoms with E-state index in [9.17, 15) is 4.39 Å². The van der Waals surface area contributed by atoms with Crippen molar-refractivity contribution in [2.75, 3.05) is 0 Å². The first kappa shape index (κ1) is 15.6. The van der Waals surface area contributed by atoms with Crippen LogP contribution >= 0.6 is 0 Å². The summed E-state index contributed by atoms with van der Waals surface area (Å²) >= 11 is 0. The van der Waals surface area contributed by atoms with Crippen LogP contribution in [0.4, 0.5) is 4.39 Å². The fourth-order valence-electron chi connectivity index (χ4n) is 2.83. The molecule has 0 fully saturated rings. The van der Waals surface area contributed by atoms with Gasteiger partial charge in [-0.15, -0.1) is 0 Å². The quantitative estimate of drug-likeness (QED) is 0.612. The van der Waals surface area contributed by atoms with Crippen molar-refractivity contribution >= 4 is 13.3 Å². The molecular formula is C20H20FNSi. The molecule has 0 saturated carbocycles. The summed E-state index contributed by atoms with van der Waals surface area (Å²) in [5.74, 6) is -0.213. The smallest absolute Gasteiger partial charge is 0.123 e. The van der Waals surface area contributed by atoms with E-state index in [1.54, 1.807) is 0 Å². The Morgan fingerprint density at radius 3 is 2.17 bits per heavy atom. The van der Waals surface area contributed by atoms with Crippen LogP contribution in [-0.4, -0.2) is 13.1 Å². The Hall–Kier alpha value is -2.26. The highest BCUT2D eigenvalue weighted by Crippen LogP contribution is 2.31. The lowest BCUT2D eigenvalue weighted by Crippen LogP contribution is -2.39. The zero-order valence-corrected chi connectivity index (χ0v) is 14.7. The second kappa shape index (κ2) is 6.09. The van der Waals surface area contributed by atoms with Crippen LogP contribution in [0.5, 0.6) is 0 Å². The highest BCUT2D eigenvalue weighted by Gasteiger charge is 2.23. The van der Waals surface area contributed by atoms with Crippen molar-refractivity contribution in [3.63, 3.8) is 0 Å². The van der Waals surface area contributed by atoms with E-state index in [4.69, 9.17) is 0 Å². The molecule has 0 unspecified atom stereocenters. The van der Waals surface area contributed by atoms with E-state index >= 15 is 0 Å². The predicted molar refractivity (Wildman–Crippen MR) is 98.0 cm³/mol. The van der Waals surface area contributed by atoms with Crippen LogP contribution in [0.25, 0.3) is 22.4 Å². The molecule has 3 heteroatoms. The standard InChI is InChI=1S/C20H20FNSi/c1-23(2,3)19-9-6-7-17(15-10-12-16(21)13-11-15)20(19)18-8-4-5-14-22-18/h4-14H,1-3H3. The Labute approximate surface area is 137 Å². The first-order valence-corrected chi connectivity index (χ1v) is 11.3. The lowest BCUT2D eigenvalue weighted by atomic mass is 9.97. The number of pyridine rings is 1. The zero-order chi connectivity index (χ0) is 16.4. The zero-order valence-electron chi connectivity index (χ0n) is 13.7. The molecule has 0 aliphatic carbocycles. The van der Waals surface area contributed by atoms with Crippen LogP contribution in [-0.2, 0) is 0 Å². The van der Waals surface area contributed by atoms with Gasteiger partial charge in [0.2, 0.25) is 0 Å². The Morgan fingerprint density at radius 2 is 1.57 bits per heavy atom. The summed E-state index contributed by atoms with van der Waals surface area (Å²) in [4.78, 5) is 4.58. The highest BCUT2D eigenvalue weighted by atomic mass is 28.3. The molecule has 3 aromatic rings. The van der Waals surface area contributed by atoms with E-state index in [0.29, 0.717) is 0 Å². The number of hydrogen-bond acceptors (Lipinski definition) is 1. The second-order valence-corrected chi connectivity index (χ2v) is 11.7. The molecule has 1 nitrogen and oxygen atoms in total. The summed E-state index contributed by atoms with van der Waals surface area (Å²) in [6, 6.07) is 19.1. The van der Waals surface area contributed by atoms with Crippen LogP contribution < -0.4 is 5.19 Å². The number of rotatable bonds is 3. The topological polar surface area (TPSA) is 12.9 Å². The minimum absolute atomic E-state index is 0.213. The van der Waals surface area contributed by atoms with Gasteiger partial charge in [0, 0.05) is 11.8 Å². The molecule has 0 aliphatic heterocycles. The molecule has 116 valence electrons. The number of halogens is 1. The molecule has 23 heavy (non-hydrogen) atoms. The third-order valence-corrected chi connectivity index (χ3v) is 5.98. The van der Waals surface area contributed by atoms with E-state index in [1.807, 2.05) is 36.5 Å². The third kappa shape index (κ3) is 3.25. The van der Waals surface area contributed by atoms with E-state index in [0.717, 1.165) is 16.8 Å². The molecular weight excluding hydrogens is 301 g/mol. The van der Waals surface area contributed by atoms with E-state index in [2.05, 4.69) is 42.8 Å². The van der Waals surface area contributed by atoms with Gasteiger partial charge in [0.15, 0.2) is 0 Å². The van der Waals surface area contributed by atoms with Gasteiger partial charge in [-0.2, -0.15) is 0 Å². The molecule has 0 aliphatic rings. The largest absolute Gasteiger partial charge is 0.256 e. The van der Waals surface area contributed by atoms with Gasteiger partial charge >= 0.3 is 0 Å². The van der Waals surface area contributed by atoms with Gasteiger partial charge < -0.3 is 0 Å². The lowest BCUT2D eigenvalue weighted by Gasteiger charge is -2.23. The van der Waals surface area contributed by atoms with Crippen molar-refractivity contribution in [1.82, 2.24) is 4.98 Å². The van der Waals surface area contributed by atoms with Gasteiger partial charge in [-0.05, 0) is 35.4 Å². The van der Waals surface area contributed by atoms with Gasteiger partial charge in [-0.3, -0.25) is 4.98 Å². The van der Waals surface area contributed by atoms with Gasteiger partial charge in [-0.25, -0.2) is 4.39 Å². The number of nitrogens with zero attached hydrogens (tertiary/aromatic N) is 1. The van der Waals surface area contributed by atoms with Gasteiger partial charge in [0.05, 0.1) is 13.8 Å². The van der Waals surface area contributed by atoms with Crippen molar-refractivity contribution in [1.29, 1.82) is 0 Å². The van der Waals surface area contributed by atoms with Crippen LogP contribution in [0.2, 0.25) is 19.6 Å². The molecule has 1 aromatic heterocycles. The summed E-state index contributed by atoms with van der Waals surface area (Å²) in [5, 5.41) is 1.37. The van der Waals surface area contributed by atoms with Gasteiger partial charge in [-0.1, -0.05) is 61.2 Å². The van der Waals surface area contributed by atoms with Crippen LogP contribution in [0.15, 0.2) is 66.9 Å². The van der Waals surface area contributed by atoms with Crippen molar-refractivity contribution in [2.45, 2.75) is 19.6 Å². The summed E-state index contributed by atoms with van der Waals surface area (Å²) in [6.07, 6.45) is 1.82. The average Bonchev–Trinajstić information content (AvgIpc) is 2.55. The molecule has 0 spiro atoms. The second-order valence-electron chi connectivity index (χ2n) is 6.70. The van der Waals surface area contributed by atoms with Crippen LogP contribution in [0.3, 0.4) is 0 Å². The third-order valence-electron chi connectivity index (χ3n) is 3.95. The summed E-state index contributed by atoms with van der Waals surface area (Å²) < 4.78 is 13.3. The van der Waals surface area contributed by atoms with Crippen molar-refractivity contribution in [3.05, 3.63) is 72.7 Å². The van der Waals surface area contributed by atoms with E-state index in [1.165, 1.54) is 22.9 Å². The number of benzene rings is 2. The Morgan fingerprint density at radius 1 is 0.826 bits per heavy atom. The Balaban J connectivity index is 2.30. The first-order valence-electron chi connectivity index (χ1n) is 7.77. The normalized spacial score (nSPS) is 11.5. The SMILES string of the molecule is C[Si](C)(C)c1cccc(-c2ccc(F)cc2)c1-c1ccccn1. The van der Waals surface area contributed by atoms with Crippen LogP contribution in [0, 0.1) is 5.82 Å². The molecule has 0 saturated heterocycles. The van der Waals surface area contributed by atoms with Gasteiger partial charge in [0.25, 0.3) is 0 Å². The van der Waals surface area contributed by atoms with Crippen molar-refractivity contribution in [3.8, 4) is 22.4 Å². The monoisotopic (exact) mass is 321 g/mol. The van der Waals surface area contributed by atoms with Crippen molar-refractivity contribution < 1.29 is 4.39 Å². The molecule has 0 amide bonds. The van der Waals surface area contributed by atoms with Gasteiger partial charge in [0.1, 0.15) is 5.82 Å². The number of hydrogen-bond donors (Lipinski definition) is 0. The fraction of sp³-hybridized carbons (Fsp3) is 0.150. The maximum absolute atomic E-state index is 13.3. The fourth-order valence-corrected chi connectivity index (χ4v) is 4.44. The molecule has 0 bridgehead atoms. The van der Waals surface area contributed by atoms with E-state index in [-0.39, 0.29) is 5.82 Å².